The molecule has 2 saturated heterocycles. The summed E-state index contributed by atoms with van der Waals surface area (Å²) < 4.78 is 18.6. The number of piperidine rings is 1. The van der Waals surface area contributed by atoms with Crippen LogP contribution in [0.3, 0.4) is 0 Å². The Labute approximate surface area is 178 Å². The SMILES string of the molecule is OCCOc1ccc(CN2CCC[C@@H](N3CCN(c4ccc(F)cc4)CC3)C2)cc1. The van der Waals surface area contributed by atoms with Gasteiger partial charge in [0, 0.05) is 51.0 Å². The van der Waals surface area contributed by atoms with Crippen molar-refractivity contribution in [2.75, 3.05) is 57.4 Å². The Hall–Kier alpha value is -2.15. The molecule has 2 fully saturated rings. The van der Waals surface area contributed by atoms with Gasteiger partial charge in [-0.3, -0.25) is 9.80 Å². The van der Waals surface area contributed by atoms with Crippen molar-refractivity contribution < 1.29 is 14.2 Å². The number of aliphatic hydroxyl groups excluding tert-OH is 1. The van der Waals surface area contributed by atoms with E-state index in [4.69, 9.17) is 9.84 Å². The molecule has 2 aliphatic heterocycles. The van der Waals surface area contributed by atoms with Crippen molar-refractivity contribution in [1.29, 1.82) is 0 Å². The van der Waals surface area contributed by atoms with E-state index in [-0.39, 0.29) is 12.4 Å². The van der Waals surface area contributed by atoms with Crippen LogP contribution >= 0.6 is 0 Å². The number of piperazine rings is 1. The second-order valence-corrected chi connectivity index (χ2v) is 8.25. The zero-order chi connectivity index (χ0) is 20.8. The maximum Gasteiger partial charge on any atom is 0.123 e. The van der Waals surface area contributed by atoms with Gasteiger partial charge < -0.3 is 14.7 Å². The average Bonchev–Trinajstić information content (AvgIpc) is 2.79. The van der Waals surface area contributed by atoms with Crippen molar-refractivity contribution >= 4 is 5.69 Å². The first-order chi connectivity index (χ1) is 14.7. The Bertz CT molecular complexity index is 776. The maximum atomic E-state index is 13.2. The Morgan fingerprint density at radius 1 is 0.933 bits per heavy atom. The second-order valence-electron chi connectivity index (χ2n) is 8.25. The number of nitrogens with zero attached hydrogens (tertiary/aromatic N) is 3. The van der Waals surface area contributed by atoms with Crippen LogP contribution in [0.15, 0.2) is 48.5 Å². The molecule has 0 spiro atoms. The highest BCUT2D eigenvalue weighted by atomic mass is 19.1. The van der Waals surface area contributed by atoms with E-state index >= 15 is 0 Å². The number of hydrogen-bond donors (Lipinski definition) is 1. The van der Waals surface area contributed by atoms with Crippen LogP contribution in [0.1, 0.15) is 18.4 Å². The van der Waals surface area contributed by atoms with Crippen molar-refractivity contribution in [2.24, 2.45) is 0 Å². The molecule has 2 aromatic rings. The van der Waals surface area contributed by atoms with E-state index < -0.39 is 0 Å². The smallest absolute Gasteiger partial charge is 0.123 e. The molecule has 0 amide bonds. The number of rotatable bonds is 7. The fourth-order valence-corrected chi connectivity index (χ4v) is 4.58. The molecule has 6 heteroatoms. The lowest BCUT2D eigenvalue weighted by atomic mass is 10.0. The number of anilines is 1. The highest BCUT2D eigenvalue weighted by Gasteiger charge is 2.28. The molecule has 162 valence electrons. The number of halogens is 1. The fraction of sp³-hybridized carbons (Fsp3) is 0.500. The lowest BCUT2D eigenvalue weighted by Gasteiger charge is -2.44. The van der Waals surface area contributed by atoms with Crippen LogP contribution in [-0.2, 0) is 6.54 Å². The zero-order valence-electron chi connectivity index (χ0n) is 17.5. The Balaban J connectivity index is 1.26. The van der Waals surface area contributed by atoms with Gasteiger partial charge in [0.05, 0.1) is 6.61 Å². The van der Waals surface area contributed by atoms with Crippen LogP contribution in [0.5, 0.6) is 5.75 Å². The average molecular weight is 414 g/mol. The van der Waals surface area contributed by atoms with Crippen LogP contribution < -0.4 is 9.64 Å². The van der Waals surface area contributed by atoms with E-state index in [1.807, 2.05) is 24.3 Å². The van der Waals surface area contributed by atoms with Crippen molar-refractivity contribution in [1.82, 2.24) is 9.80 Å². The number of likely N-dealkylation sites (tertiary alicyclic amines) is 1. The highest BCUT2D eigenvalue weighted by molar-refractivity contribution is 5.46. The molecular weight excluding hydrogens is 381 g/mol. The van der Waals surface area contributed by atoms with Crippen LogP contribution in [0.25, 0.3) is 0 Å². The quantitative estimate of drug-likeness (QED) is 0.756. The summed E-state index contributed by atoms with van der Waals surface area (Å²) in [5, 5.41) is 8.86. The fourth-order valence-electron chi connectivity index (χ4n) is 4.58. The first-order valence-corrected chi connectivity index (χ1v) is 11.0. The van der Waals surface area contributed by atoms with E-state index in [0.29, 0.717) is 12.6 Å². The minimum atomic E-state index is -0.174. The second kappa shape index (κ2) is 10.2. The predicted octanol–water partition coefficient (Wildman–Crippen LogP) is 2.98. The Morgan fingerprint density at radius 3 is 2.37 bits per heavy atom. The first kappa shape index (κ1) is 21.1. The van der Waals surface area contributed by atoms with Crippen molar-refractivity contribution in [3.63, 3.8) is 0 Å². The number of hydrogen-bond acceptors (Lipinski definition) is 5. The van der Waals surface area contributed by atoms with Crippen LogP contribution in [-0.4, -0.2) is 73.4 Å². The van der Waals surface area contributed by atoms with Gasteiger partial charge in [0.2, 0.25) is 0 Å². The van der Waals surface area contributed by atoms with E-state index in [1.54, 1.807) is 12.1 Å². The van der Waals surface area contributed by atoms with E-state index in [1.165, 1.54) is 18.4 Å². The van der Waals surface area contributed by atoms with Crippen molar-refractivity contribution in [2.45, 2.75) is 25.4 Å². The molecule has 1 atom stereocenters. The monoisotopic (exact) mass is 413 g/mol. The molecule has 5 nitrogen and oxygen atoms in total. The minimum absolute atomic E-state index is 0.0368. The zero-order valence-corrected chi connectivity index (χ0v) is 17.5. The Kier molecular flexibility index (Phi) is 7.20. The summed E-state index contributed by atoms with van der Waals surface area (Å²) in [5.74, 6) is 0.635. The number of benzene rings is 2. The molecule has 30 heavy (non-hydrogen) atoms. The van der Waals surface area contributed by atoms with Gasteiger partial charge >= 0.3 is 0 Å². The van der Waals surface area contributed by atoms with Gasteiger partial charge in [-0.1, -0.05) is 12.1 Å². The largest absolute Gasteiger partial charge is 0.491 e. The number of aliphatic hydroxyl groups is 1. The third kappa shape index (κ3) is 5.50. The Morgan fingerprint density at radius 2 is 1.67 bits per heavy atom. The molecule has 1 N–H and O–H groups in total. The summed E-state index contributed by atoms with van der Waals surface area (Å²) in [6.45, 7) is 7.71. The maximum absolute atomic E-state index is 13.2. The molecule has 4 rings (SSSR count). The van der Waals surface area contributed by atoms with Crippen LogP contribution in [0.4, 0.5) is 10.1 Å². The molecule has 0 bridgehead atoms. The van der Waals surface area contributed by atoms with E-state index in [9.17, 15) is 4.39 Å². The van der Waals surface area contributed by atoms with E-state index in [0.717, 1.165) is 57.3 Å². The summed E-state index contributed by atoms with van der Waals surface area (Å²) in [4.78, 5) is 7.55. The molecule has 2 heterocycles. The van der Waals surface area contributed by atoms with E-state index in [2.05, 4.69) is 26.8 Å². The third-order valence-electron chi connectivity index (χ3n) is 6.19. The summed E-state index contributed by atoms with van der Waals surface area (Å²) in [5.41, 5.74) is 2.42. The van der Waals surface area contributed by atoms with Crippen molar-refractivity contribution in [3.05, 3.63) is 59.9 Å². The minimum Gasteiger partial charge on any atom is -0.491 e. The van der Waals surface area contributed by atoms with Crippen molar-refractivity contribution in [3.8, 4) is 5.75 Å². The lowest BCUT2D eigenvalue weighted by molar-refractivity contribution is 0.0887. The molecule has 0 unspecified atom stereocenters. The van der Waals surface area contributed by atoms with Crippen LogP contribution in [0, 0.1) is 5.82 Å². The van der Waals surface area contributed by atoms with Gasteiger partial charge in [-0.15, -0.1) is 0 Å². The molecule has 2 aliphatic rings. The van der Waals surface area contributed by atoms with Gasteiger partial charge in [-0.25, -0.2) is 4.39 Å². The topological polar surface area (TPSA) is 39.2 Å². The van der Waals surface area contributed by atoms with Gasteiger partial charge in [-0.05, 0) is 61.3 Å². The molecule has 0 radical (unpaired) electrons. The molecule has 0 aliphatic carbocycles. The summed E-state index contributed by atoms with van der Waals surface area (Å²) in [6, 6.07) is 15.7. The summed E-state index contributed by atoms with van der Waals surface area (Å²) in [7, 11) is 0. The molecule has 0 saturated carbocycles. The third-order valence-corrected chi connectivity index (χ3v) is 6.19. The molecule has 2 aromatic carbocycles. The number of ether oxygens (including phenoxy) is 1. The summed E-state index contributed by atoms with van der Waals surface area (Å²) >= 11 is 0. The van der Waals surface area contributed by atoms with Gasteiger partial charge in [0.15, 0.2) is 0 Å². The lowest BCUT2D eigenvalue weighted by Crippen LogP contribution is -2.55. The van der Waals surface area contributed by atoms with Gasteiger partial charge in [0.1, 0.15) is 18.2 Å². The van der Waals surface area contributed by atoms with Gasteiger partial charge in [0.25, 0.3) is 0 Å². The van der Waals surface area contributed by atoms with Crippen LogP contribution in [0.2, 0.25) is 0 Å². The standard InChI is InChI=1S/C24H32FN3O2/c25-21-5-7-22(8-6-21)27-12-14-28(15-13-27)23-2-1-11-26(19-23)18-20-3-9-24(10-4-20)30-17-16-29/h3-10,23,29H,1-2,11-19H2/t23-/m1/s1. The normalized spacial score (nSPS) is 21.0. The highest BCUT2D eigenvalue weighted by Crippen LogP contribution is 2.23. The first-order valence-electron chi connectivity index (χ1n) is 11.0. The molecule has 0 aromatic heterocycles. The summed E-state index contributed by atoms with van der Waals surface area (Å²) in [6.07, 6.45) is 2.50. The predicted molar refractivity (Wildman–Crippen MR) is 118 cm³/mol. The molecular formula is C24H32FN3O2. The van der Waals surface area contributed by atoms with Gasteiger partial charge in [-0.2, -0.15) is 0 Å².